The van der Waals surface area contributed by atoms with Crippen molar-refractivity contribution in [1.29, 1.82) is 0 Å². The minimum atomic E-state index is -3.52. The highest BCUT2D eigenvalue weighted by Crippen LogP contribution is 2.20. The fourth-order valence-corrected chi connectivity index (χ4v) is 3.39. The lowest BCUT2D eigenvalue weighted by Gasteiger charge is -2.16. The Morgan fingerprint density at radius 3 is 2.78 bits per heavy atom. The largest absolute Gasteiger partial charge is 0.381 e. The number of rotatable bonds is 8. The van der Waals surface area contributed by atoms with Crippen LogP contribution in [0.25, 0.3) is 0 Å². The monoisotopic (exact) mass is 297 g/mol. The normalized spacial score (nSPS) is 20.7. The van der Waals surface area contributed by atoms with Crippen molar-refractivity contribution in [3.05, 3.63) is 0 Å². The van der Waals surface area contributed by atoms with Crippen molar-refractivity contribution in [3.63, 3.8) is 0 Å². The number of ether oxygens (including phenoxy) is 1. The van der Waals surface area contributed by atoms with Crippen molar-refractivity contribution in [3.8, 4) is 0 Å². The zero-order valence-electron chi connectivity index (χ0n) is 10.6. The van der Waals surface area contributed by atoms with E-state index in [9.17, 15) is 13.2 Å². The maximum atomic E-state index is 11.6. The fraction of sp³-hybridized carbons (Fsp3) is 0.909. The molecule has 1 atom stereocenters. The molecular weight excluding hydrogens is 278 g/mol. The molecule has 1 aliphatic heterocycles. The summed E-state index contributed by atoms with van der Waals surface area (Å²) in [4.78, 5) is 13.3. The van der Waals surface area contributed by atoms with Gasteiger partial charge in [0.25, 0.3) is 0 Å². The van der Waals surface area contributed by atoms with Gasteiger partial charge in [-0.25, -0.2) is 8.42 Å². The molecule has 1 aliphatic rings. The average Bonchev–Trinajstić information content (AvgIpc) is 2.56. The van der Waals surface area contributed by atoms with Crippen LogP contribution in [0.3, 0.4) is 0 Å². The van der Waals surface area contributed by atoms with Gasteiger partial charge in [-0.3, -0.25) is 4.79 Å². The molecule has 1 amide bonds. The third kappa shape index (κ3) is 6.02. The van der Waals surface area contributed by atoms with Crippen LogP contribution in [-0.4, -0.2) is 51.3 Å². The van der Waals surface area contributed by atoms with E-state index in [0.29, 0.717) is 19.7 Å². The lowest BCUT2D eigenvalue weighted by Crippen LogP contribution is -2.27. The summed E-state index contributed by atoms with van der Waals surface area (Å²) in [6.45, 7) is 4.53. The molecule has 1 rings (SSSR count). The molecular formula is C11H20ClNO4S. The van der Waals surface area contributed by atoms with Crippen LogP contribution in [0.4, 0.5) is 0 Å². The molecule has 0 saturated carbocycles. The standard InChI is InChI=1S/C11H20ClNO4S/c1-2-5-17-6-3-4-13-8-10(7-11(13)14)9-18(12,15)16/h10H,2-9H2,1H3. The Bertz CT molecular complexity index is 371. The van der Waals surface area contributed by atoms with Gasteiger partial charge in [0.2, 0.25) is 15.0 Å². The first-order valence-electron chi connectivity index (χ1n) is 6.20. The molecule has 0 aromatic carbocycles. The molecule has 0 N–H and O–H groups in total. The molecule has 1 saturated heterocycles. The van der Waals surface area contributed by atoms with Crippen LogP contribution < -0.4 is 0 Å². The Morgan fingerprint density at radius 1 is 1.44 bits per heavy atom. The van der Waals surface area contributed by atoms with E-state index in [2.05, 4.69) is 0 Å². The lowest BCUT2D eigenvalue weighted by molar-refractivity contribution is -0.127. The Balaban J connectivity index is 2.25. The smallest absolute Gasteiger partial charge is 0.232 e. The van der Waals surface area contributed by atoms with E-state index >= 15 is 0 Å². The first-order valence-corrected chi connectivity index (χ1v) is 8.68. The van der Waals surface area contributed by atoms with Gasteiger partial charge >= 0.3 is 0 Å². The van der Waals surface area contributed by atoms with Gasteiger partial charge in [-0.15, -0.1) is 0 Å². The summed E-state index contributed by atoms with van der Waals surface area (Å²) in [5.74, 6) is -0.282. The average molecular weight is 298 g/mol. The third-order valence-corrected chi connectivity index (χ3v) is 4.04. The summed E-state index contributed by atoms with van der Waals surface area (Å²) < 4.78 is 27.2. The fourth-order valence-electron chi connectivity index (χ4n) is 2.07. The maximum absolute atomic E-state index is 11.6. The van der Waals surface area contributed by atoms with Crippen molar-refractivity contribution < 1.29 is 17.9 Å². The van der Waals surface area contributed by atoms with Crippen LogP contribution in [0.2, 0.25) is 0 Å². The quantitative estimate of drug-likeness (QED) is 0.499. The maximum Gasteiger partial charge on any atom is 0.232 e. The zero-order chi connectivity index (χ0) is 13.6. The minimum Gasteiger partial charge on any atom is -0.381 e. The van der Waals surface area contributed by atoms with E-state index in [0.717, 1.165) is 19.4 Å². The van der Waals surface area contributed by atoms with Gasteiger partial charge in [-0.2, -0.15) is 0 Å². The summed E-state index contributed by atoms with van der Waals surface area (Å²) in [5, 5.41) is 0. The highest BCUT2D eigenvalue weighted by molar-refractivity contribution is 8.13. The number of carbonyl (C=O) groups excluding carboxylic acids is 1. The number of hydrogen-bond donors (Lipinski definition) is 0. The minimum absolute atomic E-state index is 0.0100. The second-order valence-electron chi connectivity index (χ2n) is 4.58. The lowest BCUT2D eigenvalue weighted by atomic mass is 10.1. The molecule has 0 spiro atoms. The summed E-state index contributed by atoms with van der Waals surface area (Å²) in [7, 11) is 1.67. The van der Waals surface area contributed by atoms with Crippen LogP contribution in [0.5, 0.6) is 0 Å². The Hall–Kier alpha value is -0.330. The molecule has 5 nitrogen and oxygen atoms in total. The number of hydrogen-bond acceptors (Lipinski definition) is 4. The molecule has 0 aliphatic carbocycles. The second-order valence-corrected chi connectivity index (χ2v) is 7.40. The van der Waals surface area contributed by atoms with Crippen molar-refractivity contribution in [1.82, 2.24) is 4.90 Å². The van der Waals surface area contributed by atoms with Gasteiger partial charge in [0.15, 0.2) is 0 Å². The van der Waals surface area contributed by atoms with Gasteiger partial charge in [-0.1, -0.05) is 6.92 Å². The predicted molar refractivity (Wildman–Crippen MR) is 70.1 cm³/mol. The van der Waals surface area contributed by atoms with Crippen LogP contribution in [-0.2, 0) is 18.6 Å². The summed E-state index contributed by atoms with van der Waals surface area (Å²) in [6.07, 6.45) is 2.05. The van der Waals surface area contributed by atoms with Gasteiger partial charge in [0, 0.05) is 49.3 Å². The van der Waals surface area contributed by atoms with Crippen LogP contribution >= 0.6 is 10.7 Å². The van der Waals surface area contributed by atoms with E-state index in [1.807, 2.05) is 6.92 Å². The number of amides is 1. The molecule has 0 aromatic rings. The van der Waals surface area contributed by atoms with E-state index in [4.69, 9.17) is 15.4 Å². The molecule has 18 heavy (non-hydrogen) atoms. The Kier molecular flexibility index (Phi) is 6.38. The van der Waals surface area contributed by atoms with E-state index < -0.39 is 9.05 Å². The van der Waals surface area contributed by atoms with Crippen LogP contribution in [0, 0.1) is 5.92 Å². The van der Waals surface area contributed by atoms with Gasteiger partial charge < -0.3 is 9.64 Å². The summed E-state index contributed by atoms with van der Waals surface area (Å²) in [5.41, 5.74) is 0. The highest BCUT2D eigenvalue weighted by Gasteiger charge is 2.31. The molecule has 1 fully saturated rings. The summed E-state index contributed by atoms with van der Waals surface area (Å²) >= 11 is 0. The predicted octanol–water partition coefficient (Wildman–Crippen LogP) is 1.22. The first-order chi connectivity index (χ1) is 8.42. The molecule has 0 radical (unpaired) electrons. The number of nitrogens with zero attached hydrogens (tertiary/aromatic N) is 1. The molecule has 1 unspecified atom stereocenters. The SMILES string of the molecule is CCCOCCCN1CC(CS(=O)(=O)Cl)CC1=O. The molecule has 0 bridgehead atoms. The number of carbonyl (C=O) groups is 1. The van der Waals surface area contributed by atoms with E-state index in [1.165, 1.54) is 0 Å². The highest BCUT2D eigenvalue weighted by atomic mass is 35.7. The van der Waals surface area contributed by atoms with Gasteiger partial charge in [-0.05, 0) is 12.8 Å². The van der Waals surface area contributed by atoms with Gasteiger partial charge in [0.1, 0.15) is 0 Å². The molecule has 106 valence electrons. The van der Waals surface area contributed by atoms with E-state index in [1.54, 1.807) is 4.90 Å². The van der Waals surface area contributed by atoms with Crippen molar-refractivity contribution in [2.24, 2.45) is 5.92 Å². The van der Waals surface area contributed by atoms with Crippen molar-refractivity contribution in [2.45, 2.75) is 26.2 Å². The zero-order valence-corrected chi connectivity index (χ0v) is 12.2. The molecule has 1 heterocycles. The van der Waals surface area contributed by atoms with Gasteiger partial charge in [0.05, 0.1) is 5.75 Å². The van der Waals surface area contributed by atoms with E-state index in [-0.39, 0.29) is 24.0 Å². The van der Waals surface area contributed by atoms with Crippen molar-refractivity contribution >= 4 is 25.6 Å². The first kappa shape index (κ1) is 15.7. The molecule has 7 heteroatoms. The topological polar surface area (TPSA) is 63.7 Å². The van der Waals surface area contributed by atoms with Crippen molar-refractivity contribution in [2.75, 3.05) is 32.1 Å². The second kappa shape index (κ2) is 7.31. The Labute approximate surface area is 113 Å². The van der Waals surface area contributed by atoms with Crippen LogP contribution in [0.15, 0.2) is 0 Å². The van der Waals surface area contributed by atoms with Crippen LogP contribution in [0.1, 0.15) is 26.2 Å². The summed E-state index contributed by atoms with van der Waals surface area (Å²) in [6, 6.07) is 0. The number of halogens is 1. The number of likely N-dealkylation sites (tertiary alicyclic amines) is 1. The third-order valence-electron chi connectivity index (χ3n) is 2.79. The molecule has 0 aromatic heterocycles. The Morgan fingerprint density at radius 2 is 2.17 bits per heavy atom.